The van der Waals surface area contributed by atoms with Crippen molar-refractivity contribution < 1.29 is 19.5 Å². The number of ketones is 3. The van der Waals surface area contributed by atoms with Gasteiger partial charge in [-0.05, 0) is 80.0 Å². The Labute approximate surface area is 175 Å². The Morgan fingerprint density at radius 3 is 2.55 bits per heavy atom. The number of aliphatic hydroxyl groups is 1. The summed E-state index contributed by atoms with van der Waals surface area (Å²) in [5.41, 5.74) is -0.251. The number of fused-ring (bicyclic) bond motifs is 5. The molecule has 4 fully saturated rings. The van der Waals surface area contributed by atoms with Crippen LogP contribution in [0.1, 0.15) is 91.4 Å². The van der Waals surface area contributed by atoms with Crippen molar-refractivity contribution in [1.82, 2.24) is 0 Å². The second-order valence-corrected chi connectivity index (χ2v) is 11.2. The van der Waals surface area contributed by atoms with Gasteiger partial charge in [0.2, 0.25) is 0 Å². The molecule has 4 nitrogen and oxygen atoms in total. The summed E-state index contributed by atoms with van der Waals surface area (Å²) in [7, 11) is 0. The molecule has 4 aliphatic carbocycles. The van der Waals surface area contributed by atoms with Gasteiger partial charge in [-0.3, -0.25) is 14.4 Å². The first-order chi connectivity index (χ1) is 13.7. The summed E-state index contributed by atoms with van der Waals surface area (Å²) >= 11 is 0. The average Bonchev–Trinajstić information content (AvgIpc) is 2.98. The van der Waals surface area contributed by atoms with Gasteiger partial charge in [-0.1, -0.05) is 20.8 Å². The van der Waals surface area contributed by atoms with Crippen molar-refractivity contribution in [3.8, 4) is 0 Å². The Bertz CT molecular complexity index is 699. The van der Waals surface area contributed by atoms with Crippen molar-refractivity contribution in [2.45, 2.75) is 97.5 Å². The van der Waals surface area contributed by atoms with E-state index in [0.717, 1.165) is 51.4 Å². The van der Waals surface area contributed by atoms with E-state index in [4.69, 9.17) is 0 Å². The molecule has 0 aliphatic heterocycles. The van der Waals surface area contributed by atoms with Crippen molar-refractivity contribution in [3.05, 3.63) is 0 Å². The molecule has 0 saturated heterocycles. The maximum Gasteiger partial charge on any atom is 0.143 e. The number of hydrogen-bond acceptors (Lipinski definition) is 4. The lowest BCUT2D eigenvalue weighted by Gasteiger charge is -2.59. The first kappa shape index (κ1) is 21.2. The van der Waals surface area contributed by atoms with Gasteiger partial charge in [-0.15, -0.1) is 0 Å². The van der Waals surface area contributed by atoms with Crippen LogP contribution < -0.4 is 0 Å². The average molecular weight is 403 g/mol. The van der Waals surface area contributed by atoms with E-state index in [1.54, 1.807) is 0 Å². The minimum Gasteiger partial charge on any atom is -0.393 e. The van der Waals surface area contributed by atoms with Crippen LogP contribution in [0.15, 0.2) is 0 Å². The quantitative estimate of drug-likeness (QED) is 0.687. The molecule has 4 saturated carbocycles. The van der Waals surface area contributed by atoms with Crippen LogP contribution in [-0.4, -0.2) is 28.6 Å². The third-order valence-electron chi connectivity index (χ3n) is 9.61. The van der Waals surface area contributed by atoms with E-state index in [2.05, 4.69) is 13.8 Å². The van der Waals surface area contributed by atoms with E-state index in [-0.39, 0.29) is 46.8 Å². The molecule has 0 unspecified atom stereocenters. The van der Waals surface area contributed by atoms with Gasteiger partial charge in [-0.2, -0.15) is 0 Å². The fraction of sp³-hybridized carbons (Fsp3) is 0.880. The number of hydrogen-bond donors (Lipinski definition) is 1. The van der Waals surface area contributed by atoms with Crippen molar-refractivity contribution in [2.75, 3.05) is 0 Å². The summed E-state index contributed by atoms with van der Waals surface area (Å²) in [4.78, 5) is 38.7. The fourth-order valence-electron chi connectivity index (χ4n) is 8.26. The highest BCUT2D eigenvalue weighted by molar-refractivity contribution is 6.01. The Kier molecular flexibility index (Phi) is 5.55. The van der Waals surface area contributed by atoms with E-state index >= 15 is 0 Å². The second kappa shape index (κ2) is 7.59. The van der Waals surface area contributed by atoms with E-state index in [1.165, 1.54) is 0 Å². The van der Waals surface area contributed by atoms with Crippen LogP contribution in [0, 0.1) is 40.4 Å². The summed E-state index contributed by atoms with van der Waals surface area (Å²) in [5, 5.41) is 10.2. The number of carbonyl (C=O) groups is 3. The molecule has 0 aromatic rings. The molecular formula is C25H38O4. The van der Waals surface area contributed by atoms with E-state index in [9.17, 15) is 19.5 Å². The molecule has 0 aromatic carbocycles. The predicted molar refractivity (Wildman–Crippen MR) is 111 cm³/mol. The van der Waals surface area contributed by atoms with Crippen LogP contribution in [-0.2, 0) is 14.4 Å². The van der Waals surface area contributed by atoms with Crippen LogP contribution in [0.25, 0.3) is 0 Å². The van der Waals surface area contributed by atoms with Gasteiger partial charge in [0, 0.05) is 24.7 Å². The zero-order chi connectivity index (χ0) is 21.0. The first-order valence-corrected chi connectivity index (χ1v) is 12.0. The molecule has 0 radical (unpaired) electrons. The van der Waals surface area contributed by atoms with Crippen LogP contribution in [0.2, 0.25) is 0 Å². The maximum atomic E-state index is 13.6. The lowest BCUT2D eigenvalue weighted by Crippen LogP contribution is -2.58. The minimum absolute atomic E-state index is 0.0136. The molecule has 8 atom stereocenters. The van der Waals surface area contributed by atoms with Gasteiger partial charge in [0.05, 0.1) is 12.5 Å². The van der Waals surface area contributed by atoms with E-state index in [1.807, 2.05) is 6.92 Å². The zero-order valence-corrected chi connectivity index (χ0v) is 18.4. The highest BCUT2D eigenvalue weighted by Gasteiger charge is 2.64. The Hall–Kier alpha value is -1.03. The van der Waals surface area contributed by atoms with Crippen molar-refractivity contribution in [1.29, 1.82) is 0 Å². The number of rotatable bonds is 5. The maximum absolute atomic E-state index is 13.6. The van der Waals surface area contributed by atoms with Crippen LogP contribution in [0.5, 0.6) is 0 Å². The molecule has 29 heavy (non-hydrogen) atoms. The van der Waals surface area contributed by atoms with Gasteiger partial charge in [0.15, 0.2) is 0 Å². The van der Waals surface area contributed by atoms with Crippen molar-refractivity contribution in [2.24, 2.45) is 40.4 Å². The third kappa shape index (κ3) is 3.34. The topological polar surface area (TPSA) is 71.4 Å². The molecule has 0 amide bonds. The largest absolute Gasteiger partial charge is 0.393 e. The number of aliphatic hydroxyl groups excluding tert-OH is 1. The monoisotopic (exact) mass is 402 g/mol. The van der Waals surface area contributed by atoms with Gasteiger partial charge in [0.25, 0.3) is 0 Å². The van der Waals surface area contributed by atoms with Gasteiger partial charge >= 0.3 is 0 Å². The molecule has 0 bridgehead atoms. The molecular weight excluding hydrogens is 364 g/mol. The van der Waals surface area contributed by atoms with Crippen LogP contribution in [0.4, 0.5) is 0 Å². The smallest absolute Gasteiger partial charge is 0.143 e. The Balaban J connectivity index is 1.57. The molecule has 162 valence electrons. The van der Waals surface area contributed by atoms with Crippen molar-refractivity contribution in [3.63, 3.8) is 0 Å². The first-order valence-electron chi connectivity index (χ1n) is 12.0. The van der Waals surface area contributed by atoms with Crippen LogP contribution in [0.3, 0.4) is 0 Å². The van der Waals surface area contributed by atoms with E-state index < -0.39 is 0 Å². The zero-order valence-electron chi connectivity index (χ0n) is 18.4. The van der Waals surface area contributed by atoms with Crippen molar-refractivity contribution >= 4 is 17.3 Å². The molecule has 4 rings (SSSR count). The standard InChI is InChI=1S/C25H38O4/c1-4-5-16(26)13-21(28)20-9-8-19-18-7-6-15-12-17(27)10-11-24(15,2)23(18)22(29)14-25(19,20)3/h15,17-20,23,27H,4-14H2,1-3H3/t15-,17+,18-,19-,20+,23+,24-,25-/m0/s1. The predicted octanol–water partition coefficient (Wildman–Crippen LogP) is 4.51. The van der Waals surface area contributed by atoms with Gasteiger partial charge in [0.1, 0.15) is 17.3 Å². The lowest BCUT2D eigenvalue weighted by atomic mass is 9.44. The number of carbonyl (C=O) groups excluding carboxylic acids is 3. The summed E-state index contributed by atoms with van der Waals surface area (Å²) in [6.07, 6.45) is 8.24. The fourth-order valence-corrected chi connectivity index (χ4v) is 8.26. The molecule has 0 aromatic heterocycles. The second-order valence-electron chi connectivity index (χ2n) is 11.2. The molecule has 0 spiro atoms. The summed E-state index contributed by atoms with van der Waals surface area (Å²) in [5.74, 6) is 1.72. The molecule has 0 heterocycles. The Morgan fingerprint density at radius 1 is 1.07 bits per heavy atom. The molecule has 1 N–H and O–H groups in total. The molecule has 4 aliphatic rings. The SMILES string of the molecule is CCCC(=O)CC(=O)[C@H]1CC[C@H]2[C@@H]3CC[C@H]4C[C@H](O)CC[C@]4(C)[C@H]3C(=O)C[C@]12C. The number of Topliss-reactive ketones (excluding diaryl/α,β-unsaturated/α-hetero) is 3. The third-order valence-corrected chi connectivity index (χ3v) is 9.61. The van der Waals surface area contributed by atoms with Gasteiger partial charge < -0.3 is 5.11 Å². The minimum atomic E-state index is -0.265. The lowest BCUT2D eigenvalue weighted by molar-refractivity contribution is -0.162. The van der Waals surface area contributed by atoms with Gasteiger partial charge in [-0.25, -0.2) is 0 Å². The Morgan fingerprint density at radius 2 is 1.83 bits per heavy atom. The normalized spacial score (nSPS) is 46.6. The summed E-state index contributed by atoms with van der Waals surface area (Å²) in [6.45, 7) is 6.45. The highest BCUT2D eigenvalue weighted by atomic mass is 16.3. The summed E-state index contributed by atoms with van der Waals surface area (Å²) < 4.78 is 0. The van der Waals surface area contributed by atoms with Crippen LogP contribution >= 0.6 is 0 Å². The molecule has 4 heteroatoms. The van der Waals surface area contributed by atoms with E-state index in [0.29, 0.717) is 36.4 Å². The summed E-state index contributed by atoms with van der Waals surface area (Å²) in [6, 6.07) is 0. The highest BCUT2D eigenvalue weighted by Crippen LogP contribution is 2.66.